The Hall–Kier alpha value is 0.200. The Morgan fingerprint density at radius 1 is 1.44 bits per heavy atom. The van der Waals surface area contributed by atoms with Crippen LogP contribution >= 0.6 is 25.1 Å². The van der Waals surface area contributed by atoms with Crippen LogP contribution in [-0.4, -0.2) is 11.0 Å². The molecule has 0 saturated carbocycles. The molecule has 0 aromatic rings. The van der Waals surface area contributed by atoms with Crippen LogP contribution in [0.2, 0.25) is 0 Å². The first-order valence-corrected chi connectivity index (χ1v) is 2.67. The minimum absolute atomic E-state index is 0. The molecule has 0 aromatic heterocycles. The molecule has 0 unspecified atom stereocenters. The van der Waals surface area contributed by atoms with Crippen molar-refractivity contribution in [1.29, 1.82) is 0 Å². The fraction of sp³-hybridized carbons (Fsp3) is 1.00. The molecule has 56 valence electrons. The summed E-state index contributed by atoms with van der Waals surface area (Å²) >= 11 is 5.63. The molecule has 1 heterocycles. The number of nitrogens with zero attached hydrogens (tertiary/aromatic N) is 2. The largest absolute Gasteiger partial charge is 0.344 e. The molecule has 1 aliphatic rings. The SMILES string of the molecule is C[C@H](Cl)C1(C)N=N1.N.S. The van der Waals surface area contributed by atoms with Crippen molar-refractivity contribution < 1.29 is 0 Å². The highest BCUT2D eigenvalue weighted by molar-refractivity contribution is 7.59. The van der Waals surface area contributed by atoms with Crippen LogP contribution in [0.1, 0.15) is 13.8 Å². The molecular formula is C4H12ClN3S. The van der Waals surface area contributed by atoms with E-state index in [9.17, 15) is 0 Å². The highest BCUT2D eigenvalue weighted by Crippen LogP contribution is 2.33. The van der Waals surface area contributed by atoms with Gasteiger partial charge >= 0.3 is 0 Å². The van der Waals surface area contributed by atoms with E-state index < -0.39 is 0 Å². The minimum atomic E-state index is -0.235. The second-order valence-electron chi connectivity index (χ2n) is 1.91. The third kappa shape index (κ3) is 2.51. The summed E-state index contributed by atoms with van der Waals surface area (Å²) in [6.07, 6.45) is 0. The van der Waals surface area contributed by atoms with Crippen LogP contribution in [0, 0.1) is 0 Å². The molecule has 5 heteroatoms. The van der Waals surface area contributed by atoms with E-state index in [2.05, 4.69) is 10.2 Å². The average molecular weight is 170 g/mol. The van der Waals surface area contributed by atoms with E-state index in [0.29, 0.717) is 0 Å². The summed E-state index contributed by atoms with van der Waals surface area (Å²) in [6, 6.07) is 0. The van der Waals surface area contributed by atoms with Gasteiger partial charge in [0.1, 0.15) is 0 Å². The van der Waals surface area contributed by atoms with Gasteiger partial charge in [-0.15, -0.1) is 11.6 Å². The van der Waals surface area contributed by atoms with Gasteiger partial charge in [0.25, 0.3) is 0 Å². The summed E-state index contributed by atoms with van der Waals surface area (Å²) in [4.78, 5) is 0. The monoisotopic (exact) mass is 169 g/mol. The lowest BCUT2D eigenvalue weighted by atomic mass is 10.2. The van der Waals surface area contributed by atoms with Crippen molar-refractivity contribution in [3.8, 4) is 0 Å². The molecule has 0 bridgehead atoms. The van der Waals surface area contributed by atoms with E-state index >= 15 is 0 Å². The van der Waals surface area contributed by atoms with Gasteiger partial charge in [-0.25, -0.2) is 0 Å². The van der Waals surface area contributed by atoms with Gasteiger partial charge in [-0.1, -0.05) is 0 Å². The van der Waals surface area contributed by atoms with Gasteiger partial charge in [-0.3, -0.25) is 0 Å². The smallest absolute Gasteiger partial charge is 0.204 e. The van der Waals surface area contributed by atoms with Crippen LogP contribution in [0.15, 0.2) is 10.2 Å². The average Bonchev–Trinajstić information content (AvgIpc) is 2.21. The first kappa shape index (κ1) is 11.9. The Bertz CT molecular complexity index is 108. The normalized spacial score (nSPS) is 21.2. The molecule has 1 aliphatic heterocycles. The predicted octanol–water partition coefficient (Wildman–Crippen LogP) is 2.07. The Morgan fingerprint density at radius 3 is 1.78 bits per heavy atom. The summed E-state index contributed by atoms with van der Waals surface area (Å²) < 4.78 is 0. The minimum Gasteiger partial charge on any atom is -0.344 e. The number of halogens is 1. The standard InChI is InChI=1S/C4H7ClN2.H3N.H2S/c1-3(5)4(2)6-7-4;;/h3H,1-2H3;1H3;1H2/t3-;;/m0../s1. The second kappa shape index (κ2) is 3.39. The zero-order chi connectivity index (χ0) is 5.49. The molecule has 0 spiro atoms. The molecule has 0 aliphatic carbocycles. The quantitative estimate of drug-likeness (QED) is 0.601. The molecule has 0 saturated heterocycles. The fourth-order valence-corrected chi connectivity index (χ4v) is 0.325. The molecular weight excluding hydrogens is 158 g/mol. The maximum Gasteiger partial charge on any atom is 0.204 e. The van der Waals surface area contributed by atoms with Gasteiger partial charge in [0.05, 0.1) is 5.38 Å². The van der Waals surface area contributed by atoms with E-state index in [1.807, 2.05) is 13.8 Å². The van der Waals surface area contributed by atoms with Gasteiger partial charge in [0.15, 0.2) is 0 Å². The Kier molecular flexibility index (Phi) is 4.49. The number of rotatable bonds is 1. The summed E-state index contributed by atoms with van der Waals surface area (Å²) in [6.45, 7) is 3.80. The summed E-state index contributed by atoms with van der Waals surface area (Å²) in [7, 11) is 0. The molecule has 0 fully saturated rings. The first-order valence-electron chi connectivity index (χ1n) is 2.23. The van der Waals surface area contributed by atoms with Crippen molar-refractivity contribution in [2.75, 3.05) is 0 Å². The fourth-order valence-electron chi connectivity index (χ4n) is 0.238. The van der Waals surface area contributed by atoms with Crippen LogP contribution in [0.25, 0.3) is 0 Å². The number of hydrogen-bond donors (Lipinski definition) is 1. The van der Waals surface area contributed by atoms with Crippen LogP contribution in [0.5, 0.6) is 0 Å². The van der Waals surface area contributed by atoms with Crippen molar-refractivity contribution in [3.63, 3.8) is 0 Å². The van der Waals surface area contributed by atoms with E-state index in [0.717, 1.165) is 0 Å². The predicted molar refractivity (Wildman–Crippen MR) is 44.0 cm³/mol. The summed E-state index contributed by atoms with van der Waals surface area (Å²) in [5, 5.41) is 7.50. The zero-order valence-electron chi connectivity index (χ0n) is 5.56. The van der Waals surface area contributed by atoms with Crippen molar-refractivity contribution in [2.45, 2.75) is 24.9 Å². The van der Waals surface area contributed by atoms with Crippen LogP contribution in [0.3, 0.4) is 0 Å². The topological polar surface area (TPSA) is 59.7 Å². The Labute approximate surface area is 66.9 Å². The van der Waals surface area contributed by atoms with E-state index in [1.54, 1.807) is 0 Å². The van der Waals surface area contributed by atoms with Crippen molar-refractivity contribution >= 4 is 25.1 Å². The highest BCUT2D eigenvalue weighted by atomic mass is 35.5. The van der Waals surface area contributed by atoms with Gasteiger partial charge in [-0.2, -0.15) is 23.7 Å². The summed E-state index contributed by atoms with van der Waals surface area (Å²) in [5.74, 6) is 0. The molecule has 0 amide bonds. The van der Waals surface area contributed by atoms with Gasteiger partial charge in [0.2, 0.25) is 5.66 Å². The van der Waals surface area contributed by atoms with Gasteiger partial charge in [-0.05, 0) is 13.8 Å². The number of alkyl halides is 1. The third-order valence-corrected chi connectivity index (χ3v) is 1.58. The van der Waals surface area contributed by atoms with Gasteiger partial charge in [0, 0.05) is 0 Å². The lowest BCUT2D eigenvalue weighted by molar-refractivity contribution is 0.649. The molecule has 9 heavy (non-hydrogen) atoms. The van der Waals surface area contributed by atoms with E-state index in [1.165, 1.54) is 0 Å². The molecule has 1 atom stereocenters. The maximum atomic E-state index is 5.63. The third-order valence-electron chi connectivity index (χ3n) is 1.17. The van der Waals surface area contributed by atoms with Crippen LogP contribution in [0.4, 0.5) is 0 Å². The van der Waals surface area contributed by atoms with E-state index in [4.69, 9.17) is 11.6 Å². The first-order chi connectivity index (χ1) is 3.15. The Morgan fingerprint density at radius 2 is 1.78 bits per heavy atom. The van der Waals surface area contributed by atoms with Crippen LogP contribution < -0.4 is 6.15 Å². The second-order valence-corrected chi connectivity index (χ2v) is 2.56. The maximum absolute atomic E-state index is 5.63. The zero-order valence-corrected chi connectivity index (χ0v) is 7.31. The lowest BCUT2D eigenvalue weighted by Crippen LogP contribution is -2.15. The summed E-state index contributed by atoms with van der Waals surface area (Å²) in [5.41, 5.74) is -0.235. The van der Waals surface area contributed by atoms with Crippen LogP contribution in [-0.2, 0) is 0 Å². The van der Waals surface area contributed by atoms with Gasteiger partial charge < -0.3 is 6.15 Å². The van der Waals surface area contributed by atoms with E-state index in [-0.39, 0.29) is 30.7 Å². The number of hydrogen-bond acceptors (Lipinski definition) is 3. The molecule has 0 radical (unpaired) electrons. The molecule has 0 aromatic carbocycles. The lowest BCUT2D eigenvalue weighted by Gasteiger charge is -2.02. The molecule has 3 nitrogen and oxygen atoms in total. The van der Waals surface area contributed by atoms with Crippen molar-refractivity contribution in [2.24, 2.45) is 10.2 Å². The van der Waals surface area contributed by atoms with Crippen molar-refractivity contribution in [3.05, 3.63) is 0 Å². The van der Waals surface area contributed by atoms with Crippen molar-refractivity contribution in [1.82, 2.24) is 6.15 Å². The molecule has 1 rings (SSSR count). The Balaban J connectivity index is 0. The molecule has 3 N–H and O–H groups in total. The highest BCUT2D eigenvalue weighted by Gasteiger charge is 2.38.